The van der Waals surface area contributed by atoms with Crippen LogP contribution in [0.1, 0.15) is 47.2 Å². The molecule has 3 heterocycles. The average molecular weight is 364 g/mol. The summed E-state index contributed by atoms with van der Waals surface area (Å²) in [6.45, 7) is 5.29. The first-order chi connectivity index (χ1) is 13.3. The fraction of sp³-hybridized carbons (Fsp3) is 0.478. The van der Waals surface area contributed by atoms with Crippen molar-refractivity contribution < 1.29 is 4.79 Å². The minimum absolute atomic E-state index is 0.118. The number of piperidine rings is 1. The van der Waals surface area contributed by atoms with Gasteiger partial charge in [-0.2, -0.15) is 0 Å². The second-order valence-corrected chi connectivity index (χ2v) is 7.98. The maximum Gasteiger partial charge on any atom is 0.255 e. The molecule has 1 aromatic carbocycles. The Bertz CT molecular complexity index is 730. The summed E-state index contributed by atoms with van der Waals surface area (Å²) in [4.78, 5) is 21.1. The summed E-state index contributed by atoms with van der Waals surface area (Å²) >= 11 is 0. The molecule has 4 rings (SSSR count). The van der Waals surface area contributed by atoms with Crippen LogP contribution in [-0.4, -0.2) is 46.9 Å². The largest absolute Gasteiger partial charge is 0.339 e. The number of likely N-dealkylation sites (tertiary alicyclic amines) is 2. The van der Waals surface area contributed by atoms with Crippen LogP contribution in [0.4, 0.5) is 0 Å². The molecule has 0 bridgehead atoms. The molecule has 0 spiro atoms. The van der Waals surface area contributed by atoms with Crippen LogP contribution in [-0.2, 0) is 13.0 Å². The Labute approximate surface area is 162 Å². The molecule has 1 aromatic heterocycles. The quantitative estimate of drug-likeness (QED) is 0.811. The van der Waals surface area contributed by atoms with Gasteiger partial charge in [-0.1, -0.05) is 24.3 Å². The van der Waals surface area contributed by atoms with Crippen molar-refractivity contribution in [2.75, 3.05) is 26.2 Å². The van der Waals surface area contributed by atoms with Crippen LogP contribution < -0.4 is 0 Å². The van der Waals surface area contributed by atoms with E-state index in [4.69, 9.17) is 0 Å². The van der Waals surface area contributed by atoms with Crippen molar-refractivity contribution >= 4 is 5.91 Å². The number of benzene rings is 1. The lowest BCUT2D eigenvalue weighted by Crippen LogP contribution is -2.38. The highest BCUT2D eigenvalue weighted by atomic mass is 16.2. The smallest absolute Gasteiger partial charge is 0.255 e. The van der Waals surface area contributed by atoms with Gasteiger partial charge < -0.3 is 4.90 Å². The first-order valence-electron chi connectivity index (χ1n) is 10.3. The first kappa shape index (κ1) is 18.2. The van der Waals surface area contributed by atoms with E-state index in [0.29, 0.717) is 11.5 Å². The van der Waals surface area contributed by atoms with Crippen LogP contribution in [0.3, 0.4) is 0 Å². The van der Waals surface area contributed by atoms with E-state index in [1.54, 1.807) is 12.4 Å². The van der Waals surface area contributed by atoms with E-state index in [2.05, 4.69) is 34.1 Å². The number of pyridine rings is 1. The number of nitrogens with zero attached hydrogens (tertiary/aromatic N) is 3. The van der Waals surface area contributed by atoms with Crippen LogP contribution in [0.25, 0.3) is 0 Å². The summed E-state index contributed by atoms with van der Waals surface area (Å²) in [5.74, 6) is 0.792. The predicted octanol–water partition coefficient (Wildman–Crippen LogP) is 3.77. The first-order valence-corrected chi connectivity index (χ1v) is 10.3. The molecule has 4 nitrogen and oxygen atoms in total. The van der Waals surface area contributed by atoms with Crippen LogP contribution >= 0.6 is 0 Å². The van der Waals surface area contributed by atoms with Crippen LogP contribution in [0, 0.1) is 5.92 Å². The van der Waals surface area contributed by atoms with Crippen molar-refractivity contribution in [3.63, 3.8) is 0 Å². The van der Waals surface area contributed by atoms with Gasteiger partial charge in [0.05, 0.1) is 5.56 Å². The van der Waals surface area contributed by atoms with E-state index < -0.39 is 0 Å². The van der Waals surface area contributed by atoms with E-state index >= 15 is 0 Å². The molecule has 2 aliphatic rings. The third-order valence-corrected chi connectivity index (χ3v) is 5.96. The molecule has 27 heavy (non-hydrogen) atoms. The Morgan fingerprint density at radius 2 is 1.67 bits per heavy atom. The Hall–Kier alpha value is -2.20. The molecule has 2 fully saturated rings. The molecule has 0 atom stereocenters. The van der Waals surface area contributed by atoms with Crippen LogP contribution in [0.5, 0.6) is 0 Å². The molecule has 0 aliphatic carbocycles. The van der Waals surface area contributed by atoms with Crippen molar-refractivity contribution in [3.05, 3.63) is 65.5 Å². The van der Waals surface area contributed by atoms with E-state index in [0.717, 1.165) is 38.9 Å². The molecular formula is C23H29N3O. The maximum absolute atomic E-state index is 12.5. The molecule has 0 saturated carbocycles. The minimum atomic E-state index is 0.118. The van der Waals surface area contributed by atoms with Gasteiger partial charge in [0.25, 0.3) is 5.91 Å². The number of carbonyl (C=O) groups is 1. The lowest BCUT2D eigenvalue weighted by Gasteiger charge is -2.32. The zero-order chi connectivity index (χ0) is 18.5. The molecule has 0 radical (unpaired) electrons. The van der Waals surface area contributed by atoms with E-state index in [9.17, 15) is 4.79 Å². The summed E-state index contributed by atoms with van der Waals surface area (Å²) in [5.41, 5.74) is 3.55. The normalized spacial score (nSPS) is 18.7. The summed E-state index contributed by atoms with van der Waals surface area (Å²) < 4.78 is 0. The Kier molecular flexibility index (Phi) is 5.83. The Morgan fingerprint density at radius 3 is 2.33 bits per heavy atom. The van der Waals surface area contributed by atoms with Gasteiger partial charge in [0.2, 0.25) is 0 Å². The topological polar surface area (TPSA) is 36.4 Å². The molecule has 0 N–H and O–H groups in total. The van der Waals surface area contributed by atoms with E-state index in [-0.39, 0.29) is 5.91 Å². The number of aromatic nitrogens is 1. The number of amides is 1. The third-order valence-electron chi connectivity index (χ3n) is 5.96. The zero-order valence-electron chi connectivity index (χ0n) is 16.0. The lowest BCUT2D eigenvalue weighted by atomic mass is 9.89. The SMILES string of the molecule is O=C(c1cccnc1)N1CCC(Cc2ccc(CN3CCCC3)cc2)CC1. The Morgan fingerprint density at radius 1 is 0.963 bits per heavy atom. The van der Waals surface area contributed by atoms with Crippen molar-refractivity contribution in [3.8, 4) is 0 Å². The lowest BCUT2D eigenvalue weighted by molar-refractivity contribution is 0.0690. The van der Waals surface area contributed by atoms with Gasteiger partial charge in [-0.05, 0) is 74.4 Å². The van der Waals surface area contributed by atoms with Gasteiger partial charge in [0.1, 0.15) is 0 Å². The standard InChI is InChI=1S/C23H29N3O/c27-23(22-4-3-11-24-17-22)26-14-9-20(10-15-26)16-19-5-7-21(8-6-19)18-25-12-1-2-13-25/h3-8,11,17,20H,1-2,9-10,12-16,18H2. The molecule has 2 saturated heterocycles. The summed E-state index contributed by atoms with van der Waals surface area (Å²) in [5, 5.41) is 0. The summed E-state index contributed by atoms with van der Waals surface area (Å²) in [6.07, 6.45) is 9.36. The van der Waals surface area contributed by atoms with Gasteiger partial charge in [-0.25, -0.2) is 0 Å². The number of carbonyl (C=O) groups excluding carboxylic acids is 1. The van der Waals surface area contributed by atoms with Gasteiger partial charge >= 0.3 is 0 Å². The molecule has 2 aromatic rings. The van der Waals surface area contributed by atoms with Crippen molar-refractivity contribution in [1.82, 2.24) is 14.8 Å². The van der Waals surface area contributed by atoms with Gasteiger partial charge in [0.15, 0.2) is 0 Å². The van der Waals surface area contributed by atoms with Gasteiger partial charge in [0, 0.05) is 32.0 Å². The van der Waals surface area contributed by atoms with Crippen molar-refractivity contribution in [1.29, 1.82) is 0 Å². The highest BCUT2D eigenvalue weighted by Crippen LogP contribution is 2.23. The number of hydrogen-bond donors (Lipinski definition) is 0. The van der Waals surface area contributed by atoms with E-state index in [1.807, 2.05) is 17.0 Å². The molecule has 4 heteroatoms. The van der Waals surface area contributed by atoms with Crippen molar-refractivity contribution in [2.45, 2.75) is 38.6 Å². The number of hydrogen-bond acceptors (Lipinski definition) is 3. The second kappa shape index (κ2) is 8.66. The highest BCUT2D eigenvalue weighted by Gasteiger charge is 2.23. The molecular weight excluding hydrogens is 334 g/mol. The van der Waals surface area contributed by atoms with Gasteiger partial charge in [-0.3, -0.25) is 14.7 Å². The van der Waals surface area contributed by atoms with E-state index in [1.165, 1.54) is 37.1 Å². The summed E-state index contributed by atoms with van der Waals surface area (Å²) in [6, 6.07) is 12.9. The molecule has 142 valence electrons. The maximum atomic E-state index is 12.5. The minimum Gasteiger partial charge on any atom is -0.339 e. The molecule has 1 amide bonds. The zero-order valence-corrected chi connectivity index (χ0v) is 16.0. The van der Waals surface area contributed by atoms with Gasteiger partial charge in [-0.15, -0.1) is 0 Å². The van der Waals surface area contributed by atoms with Crippen molar-refractivity contribution in [2.24, 2.45) is 5.92 Å². The molecule has 0 unspecified atom stereocenters. The Balaban J connectivity index is 1.26. The molecule has 2 aliphatic heterocycles. The predicted molar refractivity (Wildman–Crippen MR) is 108 cm³/mol. The monoisotopic (exact) mass is 363 g/mol. The van der Waals surface area contributed by atoms with Crippen LogP contribution in [0.15, 0.2) is 48.8 Å². The third kappa shape index (κ3) is 4.75. The second-order valence-electron chi connectivity index (χ2n) is 7.98. The summed E-state index contributed by atoms with van der Waals surface area (Å²) in [7, 11) is 0. The number of rotatable bonds is 5. The van der Waals surface area contributed by atoms with Crippen LogP contribution in [0.2, 0.25) is 0 Å². The fourth-order valence-corrected chi connectivity index (χ4v) is 4.33. The average Bonchev–Trinajstić information content (AvgIpc) is 3.23. The fourth-order valence-electron chi connectivity index (χ4n) is 4.33. The highest BCUT2D eigenvalue weighted by molar-refractivity contribution is 5.93.